The lowest BCUT2D eigenvalue weighted by molar-refractivity contribution is -0.151. The molecule has 1 aliphatic rings. The highest BCUT2D eigenvalue weighted by Crippen LogP contribution is 2.34. The second kappa shape index (κ2) is 10.4. The number of anilines is 2. The second-order valence-electron chi connectivity index (χ2n) is 7.45. The van der Waals surface area contributed by atoms with Crippen LogP contribution in [0.3, 0.4) is 0 Å². The van der Waals surface area contributed by atoms with E-state index in [1.54, 1.807) is 24.3 Å². The van der Waals surface area contributed by atoms with Crippen molar-refractivity contribution < 1.29 is 37.0 Å². The van der Waals surface area contributed by atoms with E-state index in [1.807, 2.05) is 6.92 Å². The van der Waals surface area contributed by atoms with E-state index in [9.17, 15) is 27.6 Å². The number of amides is 2. The maximum Gasteiger partial charge on any atom is 0.418 e. The number of ether oxygens (including phenoxy) is 2. The third-order valence-electron chi connectivity index (χ3n) is 4.93. The Kier molecular flexibility index (Phi) is 7.57. The van der Waals surface area contributed by atoms with Gasteiger partial charge >= 0.3 is 12.1 Å². The summed E-state index contributed by atoms with van der Waals surface area (Å²) in [5, 5.41) is 2.10. The number of para-hydroxylation sites is 1. The van der Waals surface area contributed by atoms with E-state index in [0.29, 0.717) is 18.0 Å². The molecule has 0 saturated carbocycles. The molecule has 1 atom stereocenters. The Morgan fingerprint density at radius 2 is 1.82 bits per heavy atom. The second-order valence-corrected chi connectivity index (χ2v) is 7.45. The van der Waals surface area contributed by atoms with Gasteiger partial charge in [-0.1, -0.05) is 19.1 Å². The largest absolute Gasteiger partial charge is 0.494 e. The first-order chi connectivity index (χ1) is 15.7. The highest BCUT2D eigenvalue weighted by atomic mass is 19.4. The smallest absolute Gasteiger partial charge is 0.418 e. The Labute approximate surface area is 188 Å². The summed E-state index contributed by atoms with van der Waals surface area (Å²) in [6.45, 7) is 1.87. The summed E-state index contributed by atoms with van der Waals surface area (Å²) in [6, 6.07) is 11.4. The molecular formula is C23H23F3N2O5. The molecule has 3 rings (SSSR count). The monoisotopic (exact) mass is 464 g/mol. The number of carbonyl (C=O) groups is 3. The zero-order valence-electron chi connectivity index (χ0n) is 17.9. The van der Waals surface area contributed by atoms with Crippen LogP contribution >= 0.6 is 0 Å². The number of alkyl halides is 3. The van der Waals surface area contributed by atoms with E-state index in [-0.39, 0.29) is 18.9 Å². The molecule has 2 amide bonds. The van der Waals surface area contributed by atoms with Crippen LogP contribution in [0.15, 0.2) is 48.5 Å². The van der Waals surface area contributed by atoms with Gasteiger partial charge in [-0.2, -0.15) is 13.2 Å². The lowest BCUT2D eigenvalue weighted by Gasteiger charge is -2.17. The van der Waals surface area contributed by atoms with Gasteiger partial charge in [0.2, 0.25) is 5.91 Å². The van der Waals surface area contributed by atoms with Gasteiger partial charge < -0.3 is 19.7 Å². The predicted molar refractivity (Wildman–Crippen MR) is 114 cm³/mol. The van der Waals surface area contributed by atoms with Crippen molar-refractivity contribution in [2.24, 2.45) is 5.92 Å². The molecule has 1 heterocycles. The first-order valence-electron chi connectivity index (χ1n) is 10.3. The van der Waals surface area contributed by atoms with Crippen molar-refractivity contribution in [3.8, 4) is 5.75 Å². The SMILES string of the molecule is CCCOc1ccc(N2C[C@H](C(=O)OCC(=O)Nc3ccccc3C(F)(F)F)CC2=O)cc1. The average molecular weight is 464 g/mol. The van der Waals surface area contributed by atoms with E-state index in [0.717, 1.165) is 18.6 Å². The Morgan fingerprint density at radius 1 is 1.12 bits per heavy atom. The zero-order chi connectivity index (χ0) is 24.0. The molecule has 7 nitrogen and oxygen atoms in total. The molecule has 0 spiro atoms. The molecule has 0 bridgehead atoms. The molecule has 2 aromatic carbocycles. The lowest BCUT2D eigenvalue weighted by Crippen LogP contribution is -2.28. The van der Waals surface area contributed by atoms with Crippen molar-refractivity contribution in [2.45, 2.75) is 25.9 Å². The minimum atomic E-state index is -4.64. The summed E-state index contributed by atoms with van der Waals surface area (Å²) in [5.41, 5.74) is -0.840. The highest BCUT2D eigenvalue weighted by Gasteiger charge is 2.37. The third kappa shape index (κ3) is 6.24. The molecule has 10 heteroatoms. The van der Waals surface area contributed by atoms with Crippen molar-refractivity contribution in [3.05, 3.63) is 54.1 Å². The van der Waals surface area contributed by atoms with Gasteiger partial charge in [0.1, 0.15) is 5.75 Å². The Bertz CT molecular complexity index is 1010. The molecule has 0 aromatic heterocycles. The fourth-order valence-corrected chi connectivity index (χ4v) is 3.34. The Balaban J connectivity index is 1.53. The maximum absolute atomic E-state index is 13.0. The van der Waals surface area contributed by atoms with E-state index < -0.39 is 41.8 Å². The summed E-state index contributed by atoms with van der Waals surface area (Å²) in [4.78, 5) is 38.2. The van der Waals surface area contributed by atoms with Gasteiger partial charge in [0.05, 0.1) is 23.8 Å². The quantitative estimate of drug-likeness (QED) is 0.597. The van der Waals surface area contributed by atoms with Gasteiger partial charge in [-0.3, -0.25) is 14.4 Å². The molecule has 1 aliphatic heterocycles. The number of hydrogen-bond acceptors (Lipinski definition) is 5. The lowest BCUT2D eigenvalue weighted by atomic mass is 10.1. The third-order valence-corrected chi connectivity index (χ3v) is 4.93. The summed E-state index contributed by atoms with van der Waals surface area (Å²) in [6.07, 6.45) is -3.87. The first-order valence-corrected chi connectivity index (χ1v) is 10.3. The number of halogens is 3. The van der Waals surface area contributed by atoms with Gasteiger partial charge in [0.15, 0.2) is 6.61 Å². The van der Waals surface area contributed by atoms with Crippen LogP contribution in [0.4, 0.5) is 24.5 Å². The molecule has 0 aliphatic carbocycles. The topological polar surface area (TPSA) is 84.9 Å². The summed E-state index contributed by atoms with van der Waals surface area (Å²) in [5.74, 6) is -2.08. The van der Waals surface area contributed by atoms with Crippen molar-refractivity contribution in [2.75, 3.05) is 30.0 Å². The number of carbonyl (C=O) groups excluding carboxylic acids is 3. The van der Waals surface area contributed by atoms with Gasteiger partial charge in [0.25, 0.3) is 5.91 Å². The van der Waals surface area contributed by atoms with Crippen molar-refractivity contribution in [1.82, 2.24) is 0 Å². The molecule has 2 aromatic rings. The van der Waals surface area contributed by atoms with Crippen LogP contribution in [0, 0.1) is 5.92 Å². The Morgan fingerprint density at radius 3 is 2.48 bits per heavy atom. The molecule has 33 heavy (non-hydrogen) atoms. The molecule has 1 saturated heterocycles. The van der Waals surface area contributed by atoms with E-state index in [4.69, 9.17) is 9.47 Å². The van der Waals surface area contributed by atoms with Crippen LogP contribution in [0.25, 0.3) is 0 Å². The molecule has 1 fully saturated rings. The van der Waals surface area contributed by atoms with Crippen LogP contribution in [0.5, 0.6) is 5.75 Å². The van der Waals surface area contributed by atoms with Crippen molar-refractivity contribution in [1.29, 1.82) is 0 Å². The first kappa shape index (κ1) is 24.1. The van der Waals surface area contributed by atoms with Gasteiger partial charge in [-0.05, 0) is 42.8 Å². The van der Waals surface area contributed by atoms with Crippen LogP contribution < -0.4 is 15.0 Å². The Hall–Kier alpha value is -3.56. The summed E-state index contributed by atoms with van der Waals surface area (Å²) < 4.78 is 49.5. The van der Waals surface area contributed by atoms with E-state index in [1.165, 1.54) is 17.0 Å². The fraction of sp³-hybridized carbons (Fsp3) is 0.348. The molecule has 176 valence electrons. The summed E-state index contributed by atoms with van der Waals surface area (Å²) >= 11 is 0. The highest BCUT2D eigenvalue weighted by molar-refractivity contribution is 6.00. The maximum atomic E-state index is 13.0. The van der Waals surface area contributed by atoms with Crippen LogP contribution in [-0.2, 0) is 25.3 Å². The zero-order valence-corrected chi connectivity index (χ0v) is 17.9. The van der Waals surface area contributed by atoms with E-state index in [2.05, 4.69) is 5.32 Å². The van der Waals surface area contributed by atoms with Gasteiger partial charge in [0, 0.05) is 18.7 Å². The van der Waals surface area contributed by atoms with Crippen LogP contribution in [0.1, 0.15) is 25.3 Å². The number of rotatable bonds is 8. The predicted octanol–water partition coefficient (Wildman–Crippen LogP) is 4.03. The number of benzene rings is 2. The number of nitrogens with zero attached hydrogens (tertiary/aromatic N) is 1. The van der Waals surface area contributed by atoms with Crippen molar-refractivity contribution >= 4 is 29.2 Å². The number of nitrogens with one attached hydrogen (secondary N) is 1. The minimum absolute atomic E-state index is 0.0748. The van der Waals surface area contributed by atoms with Crippen LogP contribution in [-0.4, -0.2) is 37.5 Å². The fourth-order valence-electron chi connectivity index (χ4n) is 3.34. The van der Waals surface area contributed by atoms with Crippen molar-refractivity contribution in [3.63, 3.8) is 0 Å². The minimum Gasteiger partial charge on any atom is -0.494 e. The normalized spacial score (nSPS) is 15.9. The van der Waals surface area contributed by atoms with E-state index >= 15 is 0 Å². The molecular weight excluding hydrogens is 441 g/mol. The number of hydrogen-bond donors (Lipinski definition) is 1. The summed E-state index contributed by atoms with van der Waals surface area (Å²) in [7, 11) is 0. The molecule has 0 unspecified atom stereocenters. The number of esters is 1. The molecule has 1 N–H and O–H groups in total. The van der Waals surface area contributed by atoms with Gasteiger partial charge in [-0.15, -0.1) is 0 Å². The van der Waals surface area contributed by atoms with Crippen LogP contribution in [0.2, 0.25) is 0 Å². The molecule has 0 radical (unpaired) electrons. The average Bonchev–Trinajstić information content (AvgIpc) is 3.17. The standard InChI is InChI=1S/C23H23F3N2O5/c1-2-11-32-17-9-7-16(8-10-17)28-13-15(12-21(28)30)22(31)33-14-20(29)27-19-6-4-3-5-18(19)23(24,25)26/h3-10,15H,2,11-14H2,1H3,(H,27,29)/t15-/m1/s1. The van der Waals surface area contributed by atoms with Gasteiger partial charge in [-0.25, -0.2) is 0 Å².